The van der Waals surface area contributed by atoms with Gasteiger partial charge in [-0.15, -0.1) is 0 Å². The van der Waals surface area contributed by atoms with Crippen molar-refractivity contribution in [1.82, 2.24) is 10.6 Å². The number of hydrogen-bond acceptors (Lipinski definition) is 8. The molecule has 0 aromatic heterocycles. The molecule has 2 aromatic carbocycles. The third kappa shape index (κ3) is 12.6. The van der Waals surface area contributed by atoms with E-state index in [2.05, 4.69) is 10.6 Å². The number of nitrogens with one attached hydrogen (secondary N) is 2. The molecule has 2 atom stereocenters. The summed E-state index contributed by atoms with van der Waals surface area (Å²) in [6, 6.07) is 14.9. The lowest BCUT2D eigenvalue weighted by Gasteiger charge is -2.24. The normalized spacial score (nSPS) is 12.4. The summed E-state index contributed by atoms with van der Waals surface area (Å²) in [7, 11) is 0. The second-order valence-electron chi connectivity index (χ2n) is 9.67. The number of primary amides is 1. The Morgan fingerprint density at radius 3 is 1.95 bits per heavy atom. The SMILES string of the molecule is CC(C)(C)OC(=O)N[C@H](CCC(=O)OCc1ccccc1)C(=O)N[C@@H](CCC(=O)Oc1ccccc1)C(N)=O. The summed E-state index contributed by atoms with van der Waals surface area (Å²) in [6.07, 6.45) is -1.57. The molecule has 0 unspecified atom stereocenters. The van der Waals surface area contributed by atoms with Crippen LogP contribution in [0.4, 0.5) is 4.79 Å². The largest absolute Gasteiger partial charge is 0.461 e. The summed E-state index contributed by atoms with van der Waals surface area (Å²) in [5.74, 6) is -2.53. The predicted octanol–water partition coefficient (Wildman–Crippen LogP) is 2.76. The van der Waals surface area contributed by atoms with Gasteiger partial charge in [-0.05, 0) is 51.3 Å². The second kappa shape index (κ2) is 15.1. The van der Waals surface area contributed by atoms with Crippen molar-refractivity contribution in [3.8, 4) is 5.75 Å². The molecule has 0 spiro atoms. The van der Waals surface area contributed by atoms with E-state index in [0.29, 0.717) is 5.75 Å². The first-order valence-electron chi connectivity index (χ1n) is 12.5. The van der Waals surface area contributed by atoms with Gasteiger partial charge < -0.3 is 30.6 Å². The molecule has 0 bridgehead atoms. The molecular weight excluding hydrogens is 506 g/mol. The molecule has 2 rings (SSSR count). The van der Waals surface area contributed by atoms with Crippen LogP contribution in [-0.2, 0) is 35.3 Å². The number of alkyl carbamates (subject to hydrolysis) is 1. The first-order chi connectivity index (χ1) is 18.4. The van der Waals surface area contributed by atoms with Gasteiger partial charge in [0.05, 0.1) is 0 Å². The van der Waals surface area contributed by atoms with Crippen LogP contribution in [0.5, 0.6) is 5.75 Å². The van der Waals surface area contributed by atoms with E-state index in [1.165, 1.54) is 0 Å². The quantitative estimate of drug-likeness (QED) is 0.257. The lowest BCUT2D eigenvalue weighted by molar-refractivity contribution is -0.145. The number of amides is 3. The van der Waals surface area contributed by atoms with Gasteiger partial charge in [-0.2, -0.15) is 0 Å². The summed E-state index contributed by atoms with van der Waals surface area (Å²) in [4.78, 5) is 61.8. The van der Waals surface area contributed by atoms with Crippen molar-refractivity contribution in [3.05, 3.63) is 66.2 Å². The Morgan fingerprint density at radius 1 is 0.795 bits per heavy atom. The van der Waals surface area contributed by atoms with Gasteiger partial charge in [-0.3, -0.25) is 19.2 Å². The molecular formula is C28H35N3O8. The zero-order chi connectivity index (χ0) is 28.8. The molecule has 0 saturated heterocycles. The van der Waals surface area contributed by atoms with Crippen molar-refractivity contribution in [2.24, 2.45) is 5.73 Å². The highest BCUT2D eigenvalue weighted by molar-refractivity contribution is 5.91. The predicted molar refractivity (Wildman–Crippen MR) is 141 cm³/mol. The van der Waals surface area contributed by atoms with Crippen LogP contribution in [-0.4, -0.2) is 47.5 Å². The van der Waals surface area contributed by atoms with Crippen molar-refractivity contribution in [3.63, 3.8) is 0 Å². The van der Waals surface area contributed by atoms with Gasteiger partial charge >= 0.3 is 18.0 Å². The summed E-state index contributed by atoms with van der Waals surface area (Å²) >= 11 is 0. The topological polar surface area (TPSA) is 163 Å². The maximum atomic E-state index is 13.0. The molecule has 2 aromatic rings. The number of benzene rings is 2. The van der Waals surface area contributed by atoms with Crippen LogP contribution in [0.2, 0.25) is 0 Å². The molecule has 0 fully saturated rings. The Hall–Kier alpha value is -4.41. The maximum Gasteiger partial charge on any atom is 0.408 e. The van der Waals surface area contributed by atoms with Crippen LogP contribution in [0.25, 0.3) is 0 Å². The van der Waals surface area contributed by atoms with Crippen LogP contribution < -0.4 is 21.1 Å². The summed E-state index contributed by atoms with van der Waals surface area (Å²) in [5, 5.41) is 4.86. The molecule has 0 aliphatic rings. The van der Waals surface area contributed by atoms with E-state index in [-0.39, 0.29) is 32.3 Å². The van der Waals surface area contributed by atoms with E-state index >= 15 is 0 Å². The first-order valence-corrected chi connectivity index (χ1v) is 12.5. The molecule has 11 heteroatoms. The Balaban J connectivity index is 1.98. The number of rotatable bonds is 13. The molecule has 3 amide bonds. The van der Waals surface area contributed by atoms with Crippen LogP contribution in [0, 0.1) is 0 Å². The lowest BCUT2D eigenvalue weighted by Crippen LogP contribution is -2.53. The van der Waals surface area contributed by atoms with E-state index in [4.69, 9.17) is 19.9 Å². The van der Waals surface area contributed by atoms with Gasteiger partial charge in [0.25, 0.3) is 0 Å². The van der Waals surface area contributed by atoms with Crippen LogP contribution in [0.1, 0.15) is 52.0 Å². The fourth-order valence-electron chi connectivity index (χ4n) is 3.28. The third-order valence-electron chi connectivity index (χ3n) is 5.16. The molecule has 11 nitrogen and oxygen atoms in total. The van der Waals surface area contributed by atoms with Crippen molar-refractivity contribution in [1.29, 1.82) is 0 Å². The summed E-state index contributed by atoms with van der Waals surface area (Å²) in [6.45, 7) is 5.01. The first kappa shape index (κ1) is 30.8. The van der Waals surface area contributed by atoms with Crippen molar-refractivity contribution in [2.75, 3.05) is 0 Å². The number of carbonyl (C=O) groups is 5. The minimum atomic E-state index is -1.25. The number of hydrogen-bond donors (Lipinski definition) is 3. The lowest BCUT2D eigenvalue weighted by atomic mass is 10.1. The van der Waals surface area contributed by atoms with E-state index < -0.39 is 47.5 Å². The fraction of sp³-hybridized carbons (Fsp3) is 0.393. The van der Waals surface area contributed by atoms with Crippen molar-refractivity contribution in [2.45, 2.75) is 70.7 Å². The molecule has 39 heavy (non-hydrogen) atoms. The zero-order valence-corrected chi connectivity index (χ0v) is 22.3. The Labute approximate surface area is 227 Å². The summed E-state index contributed by atoms with van der Waals surface area (Å²) in [5.41, 5.74) is 5.39. The highest BCUT2D eigenvalue weighted by Crippen LogP contribution is 2.12. The Bertz CT molecular complexity index is 1120. The standard InChI is InChI=1S/C28H35N3O8/c1-28(2,3)39-27(36)31-22(15-16-23(32)37-18-19-10-6-4-7-11-19)26(35)30-21(25(29)34)14-17-24(33)38-20-12-8-5-9-13-20/h4-13,21-22H,14-18H2,1-3H3,(H2,29,34)(H,30,35)(H,31,36)/t21-,22+/m0/s1. The average Bonchev–Trinajstić information content (AvgIpc) is 2.87. The van der Waals surface area contributed by atoms with Crippen molar-refractivity contribution >= 4 is 29.8 Å². The van der Waals surface area contributed by atoms with Gasteiger partial charge in [0, 0.05) is 12.8 Å². The minimum Gasteiger partial charge on any atom is -0.461 e. The molecule has 0 aliphatic carbocycles. The number of ether oxygens (including phenoxy) is 3. The smallest absolute Gasteiger partial charge is 0.408 e. The average molecular weight is 542 g/mol. The van der Waals surface area contributed by atoms with E-state index in [1.54, 1.807) is 63.2 Å². The number of para-hydroxylation sites is 1. The minimum absolute atomic E-state index is 0.0544. The van der Waals surface area contributed by atoms with Gasteiger partial charge in [0.2, 0.25) is 11.8 Å². The molecule has 0 saturated carbocycles. The number of carbonyl (C=O) groups excluding carboxylic acids is 5. The van der Waals surface area contributed by atoms with Crippen molar-refractivity contribution < 1.29 is 38.2 Å². The second-order valence-corrected chi connectivity index (χ2v) is 9.67. The Kier molecular flexibility index (Phi) is 11.9. The van der Waals surface area contributed by atoms with Gasteiger partial charge in [-0.1, -0.05) is 48.5 Å². The van der Waals surface area contributed by atoms with E-state index in [0.717, 1.165) is 5.56 Å². The molecule has 4 N–H and O–H groups in total. The fourth-order valence-corrected chi connectivity index (χ4v) is 3.28. The molecule has 0 heterocycles. The molecule has 0 radical (unpaired) electrons. The zero-order valence-electron chi connectivity index (χ0n) is 22.3. The number of esters is 2. The maximum absolute atomic E-state index is 13.0. The Morgan fingerprint density at radius 2 is 1.36 bits per heavy atom. The van der Waals surface area contributed by atoms with E-state index in [9.17, 15) is 24.0 Å². The highest BCUT2D eigenvalue weighted by atomic mass is 16.6. The van der Waals surface area contributed by atoms with Crippen LogP contribution in [0.3, 0.4) is 0 Å². The monoisotopic (exact) mass is 541 g/mol. The molecule has 210 valence electrons. The van der Waals surface area contributed by atoms with Crippen LogP contribution >= 0.6 is 0 Å². The van der Waals surface area contributed by atoms with Crippen LogP contribution in [0.15, 0.2) is 60.7 Å². The summed E-state index contributed by atoms with van der Waals surface area (Å²) < 4.78 is 15.6. The highest BCUT2D eigenvalue weighted by Gasteiger charge is 2.28. The van der Waals surface area contributed by atoms with E-state index in [1.807, 2.05) is 18.2 Å². The van der Waals surface area contributed by atoms with Gasteiger partial charge in [-0.25, -0.2) is 4.79 Å². The number of nitrogens with two attached hydrogens (primary N) is 1. The van der Waals surface area contributed by atoms with Gasteiger partial charge in [0.15, 0.2) is 0 Å². The van der Waals surface area contributed by atoms with Gasteiger partial charge in [0.1, 0.15) is 30.0 Å². The third-order valence-corrected chi connectivity index (χ3v) is 5.16. The molecule has 0 aliphatic heterocycles.